The maximum Gasteiger partial charge on any atom is 0.193 e. The monoisotopic (exact) mass is 385 g/mol. The number of benzene rings is 2. The van der Waals surface area contributed by atoms with E-state index in [1.165, 1.54) is 0 Å². The van der Waals surface area contributed by atoms with E-state index in [1.54, 1.807) is 11.8 Å². The molecule has 1 unspecified atom stereocenters. The second kappa shape index (κ2) is 6.88. The molecule has 3 aromatic carbocycles. The summed E-state index contributed by atoms with van der Waals surface area (Å²) in [5, 5.41) is 3.79. The van der Waals surface area contributed by atoms with Gasteiger partial charge in [0, 0.05) is 16.5 Å². The van der Waals surface area contributed by atoms with Crippen molar-refractivity contribution in [2.75, 3.05) is 6.61 Å². The van der Waals surface area contributed by atoms with E-state index in [0.29, 0.717) is 6.61 Å². The van der Waals surface area contributed by atoms with Crippen LogP contribution >= 0.6 is 11.8 Å². The van der Waals surface area contributed by atoms with Gasteiger partial charge in [-0.1, -0.05) is 36.4 Å². The molecule has 1 N–H and O–H groups in total. The highest BCUT2D eigenvalue weighted by atomic mass is 32.2. The largest absolute Gasteiger partial charge is 0.494 e. The van der Waals surface area contributed by atoms with Crippen molar-refractivity contribution in [3.05, 3.63) is 93.0 Å². The second-order valence-corrected chi connectivity index (χ2v) is 7.83. The van der Waals surface area contributed by atoms with E-state index in [1.807, 2.05) is 61.5 Å². The van der Waals surface area contributed by atoms with Gasteiger partial charge in [0.1, 0.15) is 5.75 Å². The first-order valence-corrected chi connectivity index (χ1v) is 10.3. The molecule has 0 saturated carbocycles. The van der Waals surface area contributed by atoms with Crippen LogP contribution in [0.2, 0.25) is 0 Å². The summed E-state index contributed by atoms with van der Waals surface area (Å²) in [5.74, 6) is 0.850. The lowest BCUT2D eigenvalue weighted by molar-refractivity contribution is 0.340. The first kappa shape index (κ1) is 17.1. The van der Waals surface area contributed by atoms with Gasteiger partial charge < -0.3 is 9.72 Å². The van der Waals surface area contributed by atoms with Gasteiger partial charge in [-0.3, -0.25) is 4.79 Å². The van der Waals surface area contributed by atoms with Crippen molar-refractivity contribution in [2.24, 2.45) is 0 Å². The third-order valence-corrected chi connectivity index (χ3v) is 6.24. The van der Waals surface area contributed by atoms with Gasteiger partial charge in [-0.15, -0.1) is 11.8 Å². The molecule has 0 amide bonds. The number of thioether (sulfide) groups is 1. The number of para-hydroxylation sites is 1. The Morgan fingerprint density at radius 2 is 1.82 bits per heavy atom. The predicted octanol–water partition coefficient (Wildman–Crippen LogP) is 5.89. The number of rotatable bonds is 3. The first-order chi connectivity index (χ1) is 13.8. The summed E-state index contributed by atoms with van der Waals surface area (Å²) in [4.78, 5) is 17.1. The van der Waals surface area contributed by atoms with Crippen molar-refractivity contribution < 1.29 is 4.74 Å². The standard InChI is InChI=1S/C24H19NO2S/c1-2-27-17-10-7-16(8-11-17)24-21-15(13-14-28-24)9-12-20-22(23(21)26)18-5-3-4-6-19(18)25-20/h3-14,24-25H,2H2,1H3. The Bertz CT molecular complexity index is 1270. The minimum atomic E-state index is -0.0348. The molecule has 4 aromatic rings. The number of aromatic nitrogens is 1. The van der Waals surface area contributed by atoms with Gasteiger partial charge >= 0.3 is 0 Å². The highest BCUT2D eigenvalue weighted by molar-refractivity contribution is 8.02. The average Bonchev–Trinajstić information content (AvgIpc) is 3.04. The van der Waals surface area contributed by atoms with Crippen molar-refractivity contribution in [2.45, 2.75) is 12.2 Å². The molecule has 0 radical (unpaired) electrons. The Balaban J connectivity index is 1.75. The Morgan fingerprint density at radius 1 is 1.00 bits per heavy atom. The smallest absolute Gasteiger partial charge is 0.193 e. The van der Waals surface area contributed by atoms with Gasteiger partial charge in [-0.2, -0.15) is 0 Å². The van der Waals surface area contributed by atoms with E-state index < -0.39 is 0 Å². The van der Waals surface area contributed by atoms with Crippen molar-refractivity contribution in [1.29, 1.82) is 0 Å². The molecule has 5 rings (SSSR count). The molecule has 0 bridgehead atoms. The van der Waals surface area contributed by atoms with E-state index in [-0.39, 0.29) is 10.7 Å². The normalized spacial score (nSPS) is 15.7. The molecule has 1 atom stereocenters. The Kier molecular flexibility index (Phi) is 4.21. The highest BCUT2D eigenvalue weighted by Crippen LogP contribution is 2.41. The molecule has 3 nitrogen and oxygen atoms in total. The minimum absolute atomic E-state index is 0.0348. The Labute approximate surface area is 167 Å². The maximum atomic E-state index is 13.7. The van der Waals surface area contributed by atoms with Crippen LogP contribution in [0.3, 0.4) is 0 Å². The van der Waals surface area contributed by atoms with E-state index in [2.05, 4.69) is 22.5 Å². The highest BCUT2D eigenvalue weighted by Gasteiger charge is 2.24. The molecular weight excluding hydrogens is 366 g/mol. The average molecular weight is 385 g/mol. The zero-order chi connectivity index (χ0) is 19.1. The molecule has 1 aromatic heterocycles. The minimum Gasteiger partial charge on any atom is -0.494 e. The maximum absolute atomic E-state index is 13.7. The summed E-state index contributed by atoms with van der Waals surface area (Å²) in [5.41, 5.74) is 4.90. The molecule has 138 valence electrons. The van der Waals surface area contributed by atoms with Crippen molar-refractivity contribution >= 4 is 39.6 Å². The van der Waals surface area contributed by atoms with E-state index in [9.17, 15) is 4.79 Å². The fourth-order valence-electron chi connectivity index (χ4n) is 3.89. The second-order valence-electron chi connectivity index (χ2n) is 6.81. The molecular formula is C24H19NO2S. The lowest BCUT2D eigenvalue weighted by Gasteiger charge is -2.20. The van der Waals surface area contributed by atoms with E-state index in [4.69, 9.17) is 4.74 Å². The van der Waals surface area contributed by atoms with Gasteiger partial charge in [0.05, 0.1) is 22.8 Å². The molecule has 0 saturated heterocycles. The van der Waals surface area contributed by atoms with E-state index >= 15 is 0 Å². The molecule has 1 aliphatic heterocycles. The molecule has 0 aliphatic carbocycles. The van der Waals surface area contributed by atoms with E-state index in [0.717, 1.165) is 44.2 Å². The zero-order valence-electron chi connectivity index (χ0n) is 15.4. The summed E-state index contributed by atoms with van der Waals surface area (Å²) in [6.07, 6.45) is 2.04. The number of hydrogen-bond donors (Lipinski definition) is 1. The first-order valence-electron chi connectivity index (χ1n) is 9.38. The number of H-pyrrole nitrogens is 1. The summed E-state index contributed by atoms with van der Waals surface area (Å²) >= 11 is 1.67. The predicted molar refractivity (Wildman–Crippen MR) is 118 cm³/mol. The van der Waals surface area contributed by atoms with Crippen LogP contribution < -0.4 is 10.2 Å². The molecule has 0 fully saturated rings. The summed E-state index contributed by atoms with van der Waals surface area (Å²) < 4.78 is 5.57. The van der Waals surface area contributed by atoms with Crippen LogP contribution in [-0.4, -0.2) is 11.6 Å². The van der Waals surface area contributed by atoms with Crippen molar-refractivity contribution in [3.8, 4) is 5.75 Å². The fraction of sp³-hybridized carbons (Fsp3) is 0.125. The summed E-state index contributed by atoms with van der Waals surface area (Å²) in [7, 11) is 0. The van der Waals surface area contributed by atoms with Crippen LogP contribution in [-0.2, 0) is 0 Å². The van der Waals surface area contributed by atoms with Gasteiger partial charge in [-0.25, -0.2) is 0 Å². The Hall–Kier alpha value is -2.98. The van der Waals surface area contributed by atoms with Crippen molar-refractivity contribution in [3.63, 3.8) is 0 Å². The van der Waals surface area contributed by atoms with Gasteiger partial charge in [0.15, 0.2) is 5.43 Å². The van der Waals surface area contributed by atoms with Crippen LogP contribution in [0.25, 0.3) is 27.9 Å². The van der Waals surface area contributed by atoms with Gasteiger partial charge in [-0.05, 0) is 53.8 Å². The quantitative estimate of drug-likeness (QED) is 0.478. The lowest BCUT2D eigenvalue weighted by Crippen LogP contribution is -2.13. The van der Waals surface area contributed by atoms with Crippen LogP contribution in [0.15, 0.2) is 70.9 Å². The van der Waals surface area contributed by atoms with Crippen LogP contribution in [0, 0.1) is 0 Å². The van der Waals surface area contributed by atoms with Crippen molar-refractivity contribution in [1.82, 2.24) is 4.98 Å². The Morgan fingerprint density at radius 3 is 2.64 bits per heavy atom. The number of ether oxygens (including phenoxy) is 1. The topological polar surface area (TPSA) is 42.1 Å². The molecule has 2 heterocycles. The lowest BCUT2D eigenvalue weighted by atomic mass is 9.99. The van der Waals surface area contributed by atoms with Crippen LogP contribution in [0.4, 0.5) is 0 Å². The number of hydrogen-bond acceptors (Lipinski definition) is 3. The molecule has 0 spiro atoms. The molecule has 4 heteroatoms. The fourth-order valence-corrected chi connectivity index (χ4v) is 4.96. The zero-order valence-corrected chi connectivity index (χ0v) is 16.3. The van der Waals surface area contributed by atoms with Gasteiger partial charge in [0.25, 0.3) is 0 Å². The third-order valence-electron chi connectivity index (χ3n) is 5.17. The summed E-state index contributed by atoms with van der Waals surface area (Å²) in [6, 6.07) is 20.1. The molecule has 28 heavy (non-hydrogen) atoms. The number of fused-ring (bicyclic) bond motifs is 4. The van der Waals surface area contributed by atoms with Crippen LogP contribution in [0.1, 0.15) is 28.9 Å². The van der Waals surface area contributed by atoms with Gasteiger partial charge in [0.2, 0.25) is 0 Å². The SMILES string of the molecule is CCOc1ccc(C2SC=Cc3ccc4[nH]c5ccccc5c4c(=O)c32)cc1. The number of nitrogens with one attached hydrogen (secondary N) is 1. The third kappa shape index (κ3) is 2.72. The number of aromatic amines is 1. The molecule has 1 aliphatic rings. The summed E-state index contributed by atoms with van der Waals surface area (Å²) in [6.45, 7) is 2.62. The van der Waals surface area contributed by atoms with Crippen LogP contribution in [0.5, 0.6) is 5.75 Å².